The molecule has 0 amide bonds. The van der Waals surface area contributed by atoms with Gasteiger partial charge >= 0.3 is 5.97 Å². The fourth-order valence-electron chi connectivity index (χ4n) is 4.50. The number of ether oxygens (including phenoxy) is 1. The average Bonchev–Trinajstić information content (AvgIpc) is 3.16. The first-order valence-corrected chi connectivity index (χ1v) is 10.5. The maximum atomic E-state index is 14.4. The number of hydrazine groups is 1. The van der Waals surface area contributed by atoms with Gasteiger partial charge in [0.2, 0.25) is 0 Å². The molecule has 4 heterocycles. The number of nitrogens with zero attached hydrogens (tertiary/aromatic N) is 3. The summed E-state index contributed by atoms with van der Waals surface area (Å²) >= 11 is 0. The predicted octanol–water partition coefficient (Wildman–Crippen LogP) is 0.431. The average molecular weight is 467 g/mol. The van der Waals surface area contributed by atoms with Gasteiger partial charge in [-0.25, -0.2) is 20.0 Å². The first kappa shape index (κ1) is 22.0. The molecule has 0 saturated carbocycles. The molecule has 2 aliphatic rings. The van der Waals surface area contributed by atoms with E-state index in [0.717, 1.165) is 0 Å². The SMILES string of the molecule is Cc1cc2c(CN(N)/C=C(\N)CO)c3c(nc2cc1F)-c1cc2c(c(=O)n1C3)COC(=O)C2O. The van der Waals surface area contributed by atoms with Gasteiger partial charge in [0.15, 0.2) is 6.10 Å². The lowest BCUT2D eigenvalue weighted by molar-refractivity contribution is -0.157. The number of aryl methyl sites for hydroxylation is 1. The van der Waals surface area contributed by atoms with Crippen molar-refractivity contribution >= 4 is 16.9 Å². The van der Waals surface area contributed by atoms with Gasteiger partial charge in [0, 0.05) is 28.8 Å². The third kappa shape index (κ3) is 3.33. The number of hydrogen-bond donors (Lipinski definition) is 4. The van der Waals surface area contributed by atoms with Crippen molar-refractivity contribution in [3.8, 4) is 11.4 Å². The normalized spacial score (nSPS) is 16.8. The third-order valence-electron chi connectivity index (χ3n) is 6.21. The van der Waals surface area contributed by atoms with Crippen molar-refractivity contribution in [2.24, 2.45) is 11.6 Å². The number of halogens is 1. The van der Waals surface area contributed by atoms with E-state index in [9.17, 15) is 24.2 Å². The molecule has 0 radical (unpaired) electrons. The molecule has 0 spiro atoms. The summed E-state index contributed by atoms with van der Waals surface area (Å²) < 4.78 is 20.8. The van der Waals surface area contributed by atoms with Crippen LogP contribution in [0.1, 0.15) is 33.9 Å². The monoisotopic (exact) mass is 467 g/mol. The highest BCUT2D eigenvalue weighted by Gasteiger charge is 2.34. The summed E-state index contributed by atoms with van der Waals surface area (Å²) in [6.07, 6.45) is -0.182. The van der Waals surface area contributed by atoms with Crippen LogP contribution in [0, 0.1) is 12.7 Å². The number of pyridine rings is 2. The molecule has 34 heavy (non-hydrogen) atoms. The van der Waals surface area contributed by atoms with E-state index < -0.39 is 23.4 Å². The molecular formula is C23H22FN5O5. The van der Waals surface area contributed by atoms with Crippen LogP contribution in [0.3, 0.4) is 0 Å². The number of esters is 1. The molecule has 0 aliphatic carbocycles. The molecule has 1 atom stereocenters. The van der Waals surface area contributed by atoms with E-state index in [4.69, 9.17) is 16.3 Å². The Morgan fingerprint density at radius 3 is 2.85 bits per heavy atom. The second-order valence-electron chi connectivity index (χ2n) is 8.44. The van der Waals surface area contributed by atoms with Crippen LogP contribution in [0.15, 0.2) is 34.9 Å². The maximum Gasteiger partial charge on any atom is 0.340 e. The number of benzene rings is 1. The van der Waals surface area contributed by atoms with E-state index in [2.05, 4.69) is 4.98 Å². The standard InChI is InChI=1S/C23H22FN5O5/c1-10-2-12-14(6-28(26)5-11(25)8-30)15-7-29-19(20(15)27-18(12)4-17(10)24)3-13-16(22(29)32)9-34-23(33)21(13)31/h2-5,21,30-31H,6-9,25-26H2,1H3/b11-5-. The number of aliphatic hydroxyl groups is 2. The minimum Gasteiger partial charge on any atom is -0.458 e. The molecule has 5 rings (SSSR count). The van der Waals surface area contributed by atoms with Gasteiger partial charge in [-0.05, 0) is 30.2 Å². The Morgan fingerprint density at radius 2 is 2.12 bits per heavy atom. The summed E-state index contributed by atoms with van der Waals surface area (Å²) in [5.74, 6) is 4.86. The van der Waals surface area contributed by atoms with E-state index in [1.165, 1.54) is 21.8 Å². The molecule has 11 heteroatoms. The lowest BCUT2D eigenvalue weighted by Gasteiger charge is -2.21. The van der Waals surface area contributed by atoms with E-state index in [1.54, 1.807) is 19.1 Å². The number of hydrogen-bond acceptors (Lipinski definition) is 9. The zero-order valence-electron chi connectivity index (χ0n) is 18.2. The molecule has 0 bridgehead atoms. The van der Waals surface area contributed by atoms with Crippen LogP contribution in [0.5, 0.6) is 0 Å². The highest BCUT2D eigenvalue weighted by Crippen LogP contribution is 2.38. The Labute approximate surface area is 192 Å². The Bertz CT molecular complexity index is 1460. The van der Waals surface area contributed by atoms with Crippen molar-refractivity contribution in [2.45, 2.75) is 32.7 Å². The molecule has 0 fully saturated rings. The van der Waals surface area contributed by atoms with Crippen molar-refractivity contribution in [3.05, 3.63) is 74.1 Å². The summed E-state index contributed by atoms with van der Waals surface area (Å²) in [5, 5.41) is 21.5. The Balaban J connectivity index is 1.75. The summed E-state index contributed by atoms with van der Waals surface area (Å²) in [6.45, 7) is 1.35. The maximum absolute atomic E-state index is 14.4. The van der Waals surface area contributed by atoms with Crippen molar-refractivity contribution in [3.63, 3.8) is 0 Å². The lowest BCUT2D eigenvalue weighted by Crippen LogP contribution is -2.32. The third-order valence-corrected chi connectivity index (χ3v) is 6.21. The number of aromatic nitrogens is 2. The van der Waals surface area contributed by atoms with Gasteiger partial charge in [-0.2, -0.15) is 0 Å². The van der Waals surface area contributed by atoms with Crippen LogP contribution in [0.25, 0.3) is 22.3 Å². The van der Waals surface area contributed by atoms with Crippen molar-refractivity contribution in [2.75, 3.05) is 6.61 Å². The number of rotatable bonds is 4. The number of nitrogens with two attached hydrogens (primary N) is 2. The highest BCUT2D eigenvalue weighted by molar-refractivity contribution is 5.89. The van der Waals surface area contributed by atoms with Crippen molar-refractivity contribution < 1.29 is 24.1 Å². The molecule has 6 N–H and O–H groups in total. The summed E-state index contributed by atoms with van der Waals surface area (Å²) in [6, 6.07) is 4.55. The van der Waals surface area contributed by atoms with Crippen LogP contribution in [0.4, 0.5) is 4.39 Å². The van der Waals surface area contributed by atoms with Crippen LogP contribution in [-0.4, -0.2) is 37.3 Å². The summed E-state index contributed by atoms with van der Waals surface area (Å²) in [7, 11) is 0. The quantitative estimate of drug-likeness (QED) is 0.190. The van der Waals surface area contributed by atoms with Gasteiger partial charge in [-0.3, -0.25) is 4.79 Å². The van der Waals surface area contributed by atoms with Crippen LogP contribution in [-0.2, 0) is 29.2 Å². The fourth-order valence-corrected chi connectivity index (χ4v) is 4.50. The molecule has 10 nitrogen and oxygen atoms in total. The van der Waals surface area contributed by atoms with Gasteiger partial charge in [0.05, 0.1) is 47.9 Å². The smallest absolute Gasteiger partial charge is 0.340 e. The minimum absolute atomic E-state index is 0.139. The Morgan fingerprint density at radius 1 is 1.35 bits per heavy atom. The van der Waals surface area contributed by atoms with Gasteiger partial charge in [-0.1, -0.05) is 0 Å². The molecule has 2 aliphatic heterocycles. The number of fused-ring (bicyclic) bond motifs is 5. The second-order valence-corrected chi connectivity index (χ2v) is 8.44. The van der Waals surface area contributed by atoms with Gasteiger partial charge in [0.1, 0.15) is 12.4 Å². The first-order chi connectivity index (χ1) is 16.2. The molecule has 3 aromatic rings. The Kier molecular flexibility index (Phi) is 5.12. The van der Waals surface area contributed by atoms with E-state index >= 15 is 0 Å². The van der Waals surface area contributed by atoms with Crippen molar-refractivity contribution in [1.29, 1.82) is 0 Å². The molecule has 2 aromatic heterocycles. The van der Waals surface area contributed by atoms with Gasteiger partial charge < -0.3 is 30.3 Å². The lowest BCUT2D eigenvalue weighted by atomic mass is 9.97. The van der Waals surface area contributed by atoms with Crippen LogP contribution in [0.2, 0.25) is 0 Å². The number of carbonyl (C=O) groups is 1. The minimum atomic E-state index is -1.57. The zero-order valence-corrected chi connectivity index (χ0v) is 18.2. The first-order valence-electron chi connectivity index (χ1n) is 10.5. The van der Waals surface area contributed by atoms with Gasteiger partial charge in [0.25, 0.3) is 5.56 Å². The van der Waals surface area contributed by atoms with Gasteiger partial charge in [-0.15, -0.1) is 0 Å². The summed E-state index contributed by atoms with van der Waals surface area (Å²) in [5.41, 5.74) is 8.88. The largest absolute Gasteiger partial charge is 0.458 e. The molecule has 1 aromatic carbocycles. The van der Waals surface area contributed by atoms with E-state index in [-0.39, 0.29) is 43.1 Å². The molecule has 0 saturated heterocycles. The predicted molar refractivity (Wildman–Crippen MR) is 119 cm³/mol. The topological polar surface area (TPSA) is 157 Å². The molecular weight excluding hydrogens is 445 g/mol. The molecule has 176 valence electrons. The van der Waals surface area contributed by atoms with E-state index in [0.29, 0.717) is 39.0 Å². The van der Waals surface area contributed by atoms with Crippen LogP contribution < -0.4 is 17.1 Å². The number of aliphatic hydroxyl groups excluding tert-OH is 2. The number of cyclic esters (lactones) is 1. The van der Waals surface area contributed by atoms with E-state index in [1.807, 2.05) is 0 Å². The highest BCUT2D eigenvalue weighted by atomic mass is 19.1. The summed E-state index contributed by atoms with van der Waals surface area (Å²) in [4.78, 5) is 29.7. The zero-order chi connectivity index (χ0) is 24.3. The number of carbonyl (C=O) groups excluding carboxylic acids is 1. The van der Waals surface area contributed by atoms with Crippen molar-refractivity contribution in [1.82, 2.24) is 14.6 Å². The van der Waals surface area contributed by atoms with Crippen LogP contribution >= 0.6 is 0 Å². The Hall–Kier alpha value is -3.80. The molecule has 1 unspecified atom stereocenters. The second kappa shape index (κ2) is 7.90. The fraction of sp³-hybridized carbons (Fsp3) is 0.261.